The minimum Gasteiger partial charge on any atom is -0.268 e. The van der Waals surface area contributed by atoms with Gasteiger partial charge in [-0.3, -0.25) is 9.98 Å². The third kappa shape index (κ3) is 4.67. The zero-order chi connectivity index (χ0) is 12.9. The lowest BCUT2D eigenvalue weighted by molar-refractivity contribution is 0.570. The molecule has 0 fully saturated rings. The number of sulfonamides is 1. The highest BCUT2D eigenvalue weighted by molar-refractivity contribution is 7.89. The maximum Gasteiger partial charge on any atom is 0.212 e. The number of hydrogen-bond donors (Lipinski definition) is 1. The molecule has 0 aromatic carbocycles. The monoisotopic (exact) mass is 245 g/mol. The van der Waals surface area contributed by atoms with Crippen molar-refractivity contribution < 1.29 is 8.42 Å². The molecule has 0 heterocycles. The summed E-state index contributed by atoms with van der Waals surface area (Å²) in [5.41, 5.74) is 1.37. The fraction of sp³-hybridized carbons (Fsp3) is 0.600. The van der Waals surface area contributed by atoms with Gasteiger partial charge in [0.15, 0.2) is 0 Å². The third-order valence-corrected chi connectivity index (χ3v) is 4.03. The van der Waals surface area contributed by atoms with Gasteiger partial charge in [0.25, 0.3) is 0 Å². The molecule has 0 saturated carbocycles. The van der Waals surface area contributed by atoms with E-state index in [1.54, 1.807) is 33.9 Å². The summed E-state index contributed by atoms with van der Waals surface area (Å²) in [4.78, 5) is 7.80. The van der Waals surface area contributed by atoms with Gasteiger partial charge < -0.3 is 0 Å². The average molecular weight is 245 g/mol. The number of rotatable bonds is 5. The van der Waals surface area contributed by atoms with Crippen LogP contribution >= 0.6 is 0 Å². The molecule has 0 aliphatic heterocycles. The van der Waals surface area contributed by atoms with E-state index in [-0.39, 0.29) is 5.92 Å². The van der Waals surface area contributed by atoms with E-state index in [4.69, 9.17) is 5.14 Å². The van der Waals surface area contributed by atoms with E-state index in [0.717, 1.165) is 0 Å². The number of nitrogens with zero attached hydrogens (tertiary/aromatic N) is 2. The van der Waals surface area contributed by atoms with Crippen LogP contribution in [0.2, 0.25) is 0 Å². The molecule has 2 N–H and O–H groups in total. The van der Waals surface area contributed by atoms with Gasteiger partial charge in [-0.25, -0.2) is 13.6 Å². The summed E-state index contributed by atoms with van der Waals surface area (Å²) in [7, 11) is -3.53. The summed E-state index contributed by atoms with van der Waals surface area (Å²) >= 11 is 0. The molecule has 0 rings (SSSR count). The SMILES string of the molecule is C=N/C(C)=C\N=C(/C)[C@H](C)[C@@H](C)S(N)(=O)=O. The molecule has 0 bridgehead atoms. The summed E-state index contributed by atoms with van der Waals surface area (Å²) in [6.45, 7) is 10.2. The number of allylic oxidation sites excluding steroid dienone is 1. The van der Waals surface area contributed by atoms with Crippen molar-refractivity contribution in [1.82, 2.24) is 0 Å². The first-order valence-corrected chi connectivity index (χ1v) is 6.50. The maximum absolute atomic E-state index is 11.2. The van der Waals surface area contributed by atoms with Crippen LogP contribution in [0.5, 0.6) is 0 Å². The minimum atomic E-state index is -3.53. The van der Waals surface area contributed by atoms with Gasteiger partial charge in [0.1, 0.15) is 0 Å². The Bertz CT molecular complexity index is 410. The van der Waals surface area contributed by atoms with Gasteiger partial charge in [0, 0.05) is 17.8 Å². The first kappa shape index (κ1) is 15.0. The molecule has 6 heteroatoms. The van der Waals surface area contributed by atoms with Crippen molar-refractivity contribution in [2.45, 2.75) is 32.9 Å². The van der Waals surface area contributed by atoms with Gasteiger partial charge in [-0.05, 0) is 27.5 Å². The fourth-order valence-electron chi connectivity index (χ4n) is 0.978. The van der Waals surface area contributed by atoms with E-state index in [1.165, 1.54) is 0 Å². The molecular formula is C10H19N3O2S. The number of hydrogen-bond acceptors (Lipinski definition) is 4. The molecule has 5 nitrogen and oxygen atoms in total. The molecule has 0 aromatic heterocycles. The molecule has 0 aromatic rings. The Labute approximate surface area is 97.2 Å². The molecule has 0 radical (unpaired) electrons. The highest BCUT2D eigenvalue weighted by Crippen LogP contribution is 2.12. The Kier molecular flexibility index (Phi) is 5.53. The largest absolute Gasteiger partial charge is 0.268 e. The quantitative estimate of drug-likeness (QED) is 0.741. The van der Waals surface area contributed by atoms with Crippen molar-refractivity contribution in [2.75, 3.05) is 0 Å². The lowest BCUT2D eigenvalue weighted by atomic mass is 10.0. The average Bonchev–Trinajstić information content (AvgIpc) is 2.21. The van der Waals surface area contributed by atoms with E-state index < -0.39 is 15.3 Å². The van der Waals surface area contributed by atoms with Crippen LogP contribution < -0.4 is 5.14 Å². The van der Waals surface area contributed by atoms with Gasteiger partial charge in [-0.2, -0.15) is 0 Å². The molecule has 92 valence electrons. The van der Waals surface area contributed by atoms with Crippen molar-refractivity contribution in [3.05, 3.63) is 11.9 Å². The normalized spacial score (nSPS) is 18.1. The Balaban J connectivity index is 4.88. The molecule has 16 heavy (non-hydrogen) atoms. The maximum atomic E-state index is 11.2. The van der Waals surface area contributed by atoms with E-state index in [0.29, 0.717) is 11.4 Å². The summed E-state index contributed by atoms with van der Waals surface area (Å²) < 4.78 is 22.3. The summed E-state index contributed by atoms with van der Waals surface area (Å²) in [6, 6.07) is 0. The van der Waals surface area contributed by atoms with Crippen molar-refractivity contribution in [1.29, 1.82) is 0 Å². The highest BCUT2D eigenvalue weighted by atomic mass is 32.2. The molecular weight excluding hydrogens is 226 g/mol. The van der Waals surface area contributed by atoms with Crippen LogP contribution in [0.1, 0.15) is 27.7 Å². The first-order chi connectivity index (χ1) is 7.20. The molecule has 0 saturated heterocycles. The van der Waals surface area contributed by atoms with Crippen molar-refractivity contribution in [3.8, 4) is 0 Å². The van der Waals surface area contributed by atoms with Gasteiger partial charge in [0.05, 0.1) is 10.9 Å². The van der Waals surface area contributed by atoms with Crippen molar-refractivity contribution in [2.24, 2.45) is 21.0 Å². The molecule has 0 amide bonds. The van der Waals surface area contributed by atoms with Gasteiger partial charge in [-0.1, -0.05) is 6.92 Å². The zero-order valence-electron chi connectivity index (χ0n) is 10.1. The lowest BCUT2D eigenvalue weighted by Crippen LogP contribution is -2.34. The highest BCUT2D eigenvalue weighted by Gasteiger charge is 2.24. The van der Waals surface area contributed by atoms with Crippen molar-refractivity contribution in [3.63, 3.8) is 0 Å². The van der Waals surface area contributed by atoms with Crippen molar-refractivity contribution >= 4 is 22.5 Å². The van der Waals surface area contributed by atoms with Gasteiger partial charge in [0.2, 0.25) is 10.0 Å². The number of primary sulfonamides is 1. The van der Waals surface area contributed by atoms with Crippen LogP contribution in [0.3, 0.4) is 0 Å². The second kappa shape index (κ2) is 5.91. The standard InChI is InChI=1S/C10H19N3O2S/c1-7(12-5)6-13-9(3)8(2)10(4)16(11,14)15/h6,8,10H,5H2,1-4H3,(H2,11,14,15)/b7-6-,13-9+/t8-,10+/m0/s1. The van der Waals surface area contributed by atoms with E-state index in [1.807, 2.05) is 0 Å². The summed E-state index contributed by atoms with van der Waals surface area (Å²) in [5, 5.41) is 4.42. The predicted molar refractivity (Wildman–Crippen MR) is 68.1 cm³/mol. The second-order valence-corrected chi connectivity index (χ2v) is 5.70. The third-order valence-electron chi connectivity index (χ3n) is 2.59. The molecule has 0 aliphatic rings. The van der Waals surface area contributed by atoms with Gasteiger partial charge >= 0.3 is 0 Å². The van der Waals surface area contributed by atoms with Gasteiger partial charge in [-0.15, -0.1) is 0 Å². The van der Waals surface area contributed by atoms with E-state index in [2.05, 4.69) is 16.7 Å². The van der Waals surface area contributed by atoms with Crippen LogP contribution in [0, 0.1) is 5.92 Å². The Morgan fingerprint density at radius 2 is 1.88 bits per heavy atom. The Morgan fingerprint density at radius 3 is 2.25 bits per heavy atom. The minimum absolute atomic E-state index is 0.233. The molecule has 0 unspecified atom stereocenters. The number of nitrogens with two attached hydrogens (primary N) is 1. The summed E-state index contributed by atoms with van der Waals surface area (Å²) in [5.74, 6) is -0.233. The van der Waals surface area contributed by atoms with Crippen LogP contribution in [0.25, 0.3) is 0 Å². The van der Waals surface area contributed by atoms with Crippen LogP contribution in [0.15, 0.2) is 21.9 Å². The zero-order valence-corrected chi connectivity index (χ0v) is 11.0. The van der Waals surface area contributed by atoms with E-state index >= 15 is 0 Å². The van der Waals surface area contributed by atoms with E-state index in [9.17, 15) is 8.42 Å². The fourth-order valence-corrected chi connectivity index (χ4v) is 1.74. The topological polar surface area (TPSA) is 84.9 Å². The lowest BCUT2D eigenvalue weighted by Gasteiger charge is -2.17. The first-order valence-electron chi connectivity index (χ1n) is 4.89. The predicted octanol–water partition coefficient (Wildman–Crippen LogP) is 1.32. The Morgan fingerprint density at radius 1 is 1.38 bits per heavy atom. The Hall–Kier alpha value is -1.01. The number of aliphatic imine (C=N–C) groups is 2. The molecule has 0 aliphatic carbocycles. The van der Waals surface area contributed by atoms with Crippen LogP contribution in [0.4, 0.5) is 0 Å². The second-order valence-electron chi connectivity index (χ2n) is 3.78. The molecule has 2 atom stereocenters. The smallest absolute Gasteiger partial charge is 0.212 e. The molecule has 0 spiro atoms. The summed E-state index contributed by atoms with van der Waals surface area (Å²) in [6.07, 6.45) is 1.55. The van der Waals surface area contributed by atoms with Crippen LogP contribution in [-0.2, 0) is 10.0 Å². The van der Waals surface area contributed by atoms with Crippen LogP contribution in [-0.4, -0.2) is 26.1 Å².